The van der Waals surface area contributed by atoms with Crippen LogP contribution in [-0.2, 0) is 11.2 Å². The van der Waals surface area contributed by atoms with Crippen molar-refractivity contribution in [3.63, 3.8) is 0 Å². The molecule has 1 atom stereocenters. The smallest absolute Gasteiger partial charge is 0.262 e. The van der Waals surface area contributed by atoms with E-state index in [0.29, 0.717) is 17.1 Å². The number of hydrogen-bond donors (Lipinski definition) is 2. The van der Waals surface area contributed by atoms with Gasteiger partial charge in [0.05, 0.1) is 5.02 Å². The van der Waals surface area contributed by atoms with Crippen LogP contribution >= 0.6 is 43.5 Å². The van der Waals surface area contributed by atoms with Gasteiger partial charge >= 0.3 is 0 Å². The molecular formula is C17H13Br2ClFN3O2. The van der Waals surface area contributed by atoms with Gasteiger partial charge in [0.2, 0.25) is 0 Å². The molecule has 136 valence electrons. The summed E-state index contributed by atoms with van der Waals surface area (Å²) in [5.41, 5.74) is 2.74. The molecule has 0 saturated heterocycles. The lowest BCUT2D eigenvalue weighted by atomic mass is 10.1. The second-order valence-electron chi connectivity index (χ2n) is 5.63. The monoisotopic (exact) mass is 503 g/mol. The number of carbonyl (C=O) groups is 1. The van der Waals surface area contributed by atoms with E-state index in [1.54, 1.807) is 31.2 Å². The number of amides is 1. The summed E-state index contributed by atoms with van der Waals surface area (Å²) in [5.74, 6) is -0.00687. The minimum atomic E-state index is -0.581. The number of benzene rings is 2. The fourth-order valence-electron chi connectivity index (χ4n) is 2.35. The highest BCUT2D eigenvalue weighted by molar-refractivity contribution is 9.11. The molecule has 9 heteroatoms. The number of nitrogens with zero attached hydrogens (tertiary/aromatic N) is 1. The van der Waals surface area contributed by atoms with Crippen LogP contribution in [-0.4, -0.2) is 17.8 Å². The molecule has 2 N–H and O–H groups in total. The molecule has 1 aliphatic rings. The molecule has 2 aromatic rings. The van der Waals surface area contributed by atoms with Gasteiger partial charge in [-0.2, -0.15) is 5.10 Å². The van der Waals surface area contributed by atoms with Gasteiger partial charge in [-0.05, 0) is 36.8 Å². The maximum atomic E-state index is 14.9. The fourth-order valence-corrected chi connectivity index (χ4v) is 3.78. The Morgan fingerprint density at radius 1 is 1.27 bits per heavy atom. The van der Waals surface area contributed by atoms with Crippen molar-refractivity contribution in [2.75, 3.05) is 0 Å². The predicted octanol–water partition coefficient (Wildman–Crippen LogP) is 4.76. The molecule has 1 aliphatic heterocycles. The molecule has 0 aliphatic carbocycles. The number of amidine groups is 1. The van der Waals surface area contributed by atoms with Crippen LogP contribution in [0.3, 0.4) is 0 Å². The molecule has 26 heavy (non-hydrogen) atoms. The summed E-state index contributed by atoms with van der Waals surface area (Å²) >= 11 is 12.8. The summed E-state index contributed by atoms with van der Waals surface area (Å²) in [7, 11) is 0. The van der Waals surface area contributed by atoms with Gasteiger partial charge in [0.1, 0.15) is 17.6 Å². The number of rotatable bonds is 4. The van der Waals surface area contributed by atoms with Crippen molar-refractivity contribution in [3.8, 4) is 11.5 Å². The lowest BCUT2D eigenvalue weighted by Crippen LogP contribution is -2.49. The molecule has 1 amide bonds. The molecule has 2 aromatic carbocycles. The summed E-state index contributed by atoms with van der Waals surface area (Å²) in [5, 5.41) is 6.99. The molecule has 0 unspecified atom stereocenters. The van der Waals surface area contributed by atoms with E-state index in [2.05, 4.69) is 47.7 Å². The van der Waals surface area contributed by atoms with E-state index in [9.17, 15) is 9.18 Å². The fraction of sp³-hybridized carbons (Fsp3) is 0.176. The quantitative estimate of drug-likeness (QED) is 0.630. The number of nitrogens with one attached hydrogen (secondary N) is 2. The molecule has 5 nitrogen and oxygen atoms in total. The molecule has 0 bridgehead atoms. The third-order valence-electron chi connectivity index (χ3n) is 3.62. The zero-order valence-corrected chi connectivity index (χ0v) is 17.4. The highest BCUT2D eigenvalue weighted by Crippen LogP contribution is 2.36. The van der Waals surface area contributed by atoms with Crippen LogP contribution in [0.15, 0.2) is 44.4 Å². The molecule has 1 heterocycles. The Labute approximate surface area is 171 Å². The van der Waals surface area contributed by atoms with Gasteiger partial charge in [-0.15, -0.1) is 0 Å². The topological polar surface area (TPSA) is 62.7 Å². The van der Waals surface area contributed by atoms with Crippen molar-refractivity contribution in [2.45, 2.75) is 19.4 Å². The van der Waals surface area contributed by atoms with Crippen molar-refractivity contribution >= 4 is 55.2 Å². The van der Waals surface area contributed by atoms with Crippen LogP contribution < -0.4 is 15.5 Å². The average molecular weight is 506 g/mol. The van der Waals surface area contributed by atoms with Crippen LogP contribution in [0.1, 0.15) is 12.5 Å². The first kappa shape index (κ1) is 19.1. The third kappa shape index (κ3) is 4.36. The van der Waals surface area contributed by atoms with E-state index in [1.165, 1.54) is 0 Å². The zero-order valence-electron chi connectivity index (χ0n) is 13.4. The SMILES string of the molecule is C[C@H]1NC(Cc2ccc(Cl)c(Oc3cc(Br)cc(Br)c3)c2F)=NNC1=O. The lowest BCUT2D eigenvalue weighted by Gasteiger charge is -2.21. The Bertz CT molecular complexity index is 888. The minimum absolute atomic E-state index is 0.0670. The molecule has 0 fully saturated rings. The lowest BCUT2D eigenvalue weighted by molar-refractivity contribution is -0.122. The first-order valence-electron chi connectivity index (χ1n) is 7.57. The van der Waals surface area contributed by atoms with Gasteiger partial charge in [0.15, 0.2) is 11.6 Å². The number of hydrazone groups is 1. The molecule has 0 saturated carbocycles. The average Bonchev–Trinajstić information content (AvgIpc) is 2.56. The van der Waals surface area contributed by atoms with Crippen LogP contribution in [0.25, 0.3) is 0 Å². The van der Waals surface area contributed by atoms with Crippen molar-refractivity contribution in [3.05, 3.63) is 55.7 Å². The van der Waals surface area contributed by atoms with Gasteiger partial charge in [0, 0.05) is 15.4 Å². The minimum Gasteiger partial charge on any atom is -0.453 e. The molecular weight excluding hydrogens is 492 g/mol. The van der Waals surface area contributed by atoms with E-state index in [-0.39, 0.29) is 23.1 Å². The van der Waals surface area contributed by atoms with Crippen molar-refractivity contribution in [2.24, 2.45) is 5.10 Å². The standard InChI is InChI=1S/C17H13Br2ClFN3O2/c1-8-17(25)24-23-14(22-8)4-9-2-3-13(20)16(15(9)21)26-12-6-10(18)5-11(19)7-12/h2-3,5-8H,4H2,1H3,(H,22,23)(H,24,25)/t8-/m1/s1. The van der Waals surface area contributed by atoms with Crippen LogP contribution in [0.4, 0.5) is 4.39 Å². The number of ether oxygens (including phenoxy) is 1. The molecule has 0 aromatic heterocycles. The maximum Gasteiger partial charge on any atom is 0.262 e. The Balaban J connectivity index is 1.88. The van der Waals surface area contributed by atoms with E-state index < -0.39 is 11.9 Å². The van der Waals surface area contributed by atoms with Crippen LogP contribution in [0.2, 0.25) is 5.02 Å². The number of carbonyl (C=O) groups excluding carboxylic acids is 1. The normalized spacial score (nSPS) is 16.6. The Morgan fingerprint density at radius 3 is 2.62 bits per heavy atom. The Hall–Kier alpha value is -1.64. The highest BCUT2D eigenvalue weighted by Gasteiger charge is 2.22. The van der Waals surface area contributed by atoms with Gasteiger partial charge in [-0.3, -0.25) is 4.79 Å². The van der Waals surface area contributed by atoms with Gasteiger partial charge in [-0.1, -0.05) is 49.5 Å². The van der Waals surface area contributed by atoms with Crippen LogP contribution in [0.5, 0.6) is 11.5 Å². The van der Waals surface area contributed by atoms with E-state index in [4.69, 9.17) is 16.3 Å². The van der Waals surface area contributed by atoms with Crippen LogP contribution in [0, 0.1) is 5.82 Å². The summed E-state index contributed by atoms with van der Waals surface area (Å²) in [6, 6.07) is 7.94. The van der Waals surface area contributed by atoms with Gasteiger partial charge in [-0.25, -0.2) is 9.82 Å². The molecule has 0 spiro atoms. The maximum absolute atomic E-state index is 14.9. The largest absolute Gasteiger partial charge is 0.453 e. The summed E-state index contributed by atoms with van der Waals surface area (Å²) in [4.78, 5) is 11.4. The second kappa shape index (κ2) is 7.94. The summed E-state index contributed by atoms with van der Waals surface area (Å²) in [6.45, 7) is 1.70. The number of hydrogen-bond acceptors (Lipinski definition) is 4. The summed E-state index contributed by atoms with van der Waals surface area (Å²) < 4.78 is 22.2. The first-order valence-corrected chi connectivity index (χ1v) is 9.53. The first-order chi connectivity index (χ1) is 12.3. The van der Waals surface area contributed by atoms with Crippen molar-refractivity contribution in [1.82, 2.24) is 10.7 Å². The van der Waals surface area contributed by atoms with E-state index in [1.807, 2.05) is 6.07 Å². The Morgan fingerprint density at radius 2 is 1.96 bits per heavy atom. The van der Waals surface area contributed by atoms with Crippen molar-refractivity contribution < 1.29 is 13.9 Å². The summed E-state index contributed by atoms with van der Waals surface area (Å²) in [6.07, 6.45) is 0.159. The predicted molar refractivity (Wildman–Crippen MR) is 105 cm³/mol. The molecule has 3 rings (SSSR count). The third-order valence-corrected chi connectivity index (χ3v) is 4.83. The van der Waals surface area contributed by atoms with Gasteiger partial charge in [0.25, 0.3) is 5.91 Å². The highest BCUT2D eigenvalue weighted by atomic mass is 79.9. The van der Waals surface area contributed by atoms with E-state index in [0.717, 1.165) is 8.95 Å². The Kier molecular flexibility index (Phi) is 5.84. The van der Waals surface area contributed by atoms with Crippen molar-refractivity contribution in [1.29, 1.82) is 0 Å². The zero-order chi connectivity index (χ0) is 18.8. The number of halogens is 4. The van der Waals surface area contributed by atoms with E-state index >= 15 is 0 Å². The second-order valence-corrected chi connectivity index (χ2v) is 7.87. The van der Waals surface area contributed by atoms with Gasteiger partial charge < -0.3 is 10.1 Å². The molecule has 0 radical (unpaired) electrons.